The number of rotatable bonds is 7. The van der Waals surface area contributed by atoms with Gasteiger partial charge in [0.15, 0.2) is 0 Å². The lowest BCUT2D eigenvalue weighted by Gasteiger charge is -2.19. The van der Waals surface area contributed by atoms with Crippen molar-refractivity contribution in [3.05, 3.63) is 101 Å². The van der Waals surface area contributed by atoms with Gasteiger partial charge in [-0.3, -0.25) is 9.69 Å². The van der Waals surface area contributed by atoms with E-state index in [0.717, 1.165) is 22.8 Å². The molecule has 5 nitrogen and oxygen atoms in total. The van der Waals surface area contributed by atoms with Crippen LogP contribution in [-0.2, 0) is 11.3 Å². The molecule has 4 aromatic rings. The molecule has 3 aromatic carbocycles. The Morgan fingerprint density at radius 2 is 1.58 bits per heavy atom. The summed E-state index contributed by atoms with van der Waals surface area (Å²) in [7, 11) is 1.97. The number of anilines is 1. The fraction of sp³-hybridized carbons (Fsp3) is 0.214. The minimum absolute atomic E-state index is 0.0515. The molecule has 0 bridgehead atoms. The van der Waals surface area contributed by atoms with Crippen LogP contribution in [0.5, 0.6) is 0 Å². The third-order valence-electron chi connectivity index (χ3n) is 5.79. The van der Waals surface area contributed by atoms with Crippen molar-refractivity contribution < 1.29 is 4.79 Å². The van der Waals surface area contributed by atoms with Crippen LogP contribution in [0.4, 0.5) is 5.69 Å². The van der Waals surface area contributed by atoms with Gasteiger partial charge in [0.2, 0.25) is 5.91 Å². The van der Waals surface area contributed by atoms with Crippen LogP contribution in [0.2, 0.25) is 0 Å². The molecule has 0 radical (unpaired) electrons. The van der Waals surface area contributed by atoms with Crippen LogP contribution in [0, 0.1) is 20.8 Å². The molecule has 1 N–H and O–H groups in total. The number of nitrogens with zero attached hydrogens (tertiary/aromatic N) is 3. The van der Waals surface area contributed by atoms with E-state index in [0.29, 0.717) is 6.54 Å². The minimum atomic E-state index is -0.0515. The third kappa shape index (κ3) is 5.21. The molecule has 0 fully saturated rings. The van der Waals surface area contributed by atoms with Crippen LogP contribution >= 0.6 is 0 Å². The van der Waals surface area contributed by atoms with Crippen molar-refractivity contribution in [3.8, 4) is 16.8 Å². The van der Waals surface area contributed by atoms with Crippen molar-refractivity contribution in [1.82, 2.24) is 14.7 Å². The van der Waals surface area contributed by atoms with Crippen molar-refractivity contribution >= 4 is 11.6 Å². The highest BCUT2D eigenvalue weighted by Crippen LogP contribution is 2.25. The molecule has 4 rings (SSSR count). The minimum Gasteiger partial charge on any atom is -0.322 e. The van der Waals surface area contributed by atoms with Gasteiger partial charge in [-0.1, -0.05) is 72.3 Å². The molecule has 0 aliphatic rings. The first-order chi connectivity index (χ1) is 15.9. The number of hydrogen-bond acceptors (Lipinski definition) is 3. The highest BCUT2D eigenvalue weighted by molar-refractivity contribution is 5.93. The number of carbonyl (C=O) groups is 1. The molecule has 1 aromatic heterocycles. The predicted octanol–water partition coefficient (Wildman–Crippen LogP) is 5.54. The largest absolute Gasteiger partial charge is 0.322 e. The zero-order chi connectivity index (χ0) is 23.4. The summed E-state index contributed by atoms with van der Waals surface area (Å²) in [6, 6.07) is 26.9. The molecule has 0 spiro atoms. The molecular weight excluding hydrogens is 408 g/mol. The normalized spacial score (nSPS) is 11.1. The Hall–Kier alpha value is -3.70. The predicted molar refractivity (Wildman–Crippen MR) is 135 cm³/mol. The molecule has 0 aliphatic carbocycles. The van der Waals surface area contributed by atoms with Gasteiger partial charge in [-0.05, 0) is 56.6 Å². The van der Waals surface area contributed by atoms with Crippen LogP contribution in [0.15, 0.2) is 78.9 Å². The van der Waals surface area contributed by atoms with Gasteiger partial charge in [0.1, 0.15) is 0 Å². The summed E-state index contributed by atoms with van der Waals surface area (Å²) < 4.78 is 1.88. The Morgan fingerprint density at radius 3 is 2.30 bits per heavy atom. The van der Waals surface area contributed by atoms with Gasteiger partial charge in [0.25, 0.3) is 0 Å². The quantitative estimate of drug-likeness (QED) is 0.412. The number of nitrogens with one attached hydrogen (secondary N) is 1. The Morgan fingerprint density at radius 1 is 0.909 bits per heavy atom. The summed E-state index contributed by atoms with van der Waals surface area (Å²) >= 11 is 0. The summed E-state index contributed by atoms with van der Waals surface area (Å²) in [5, 5.41) is 7.72. The molecule has 0 saturated heterocycles. The standard InChI is InChI=1S/C28H30N4O/c1-20-14-16-25(17-15-20)32-22(3)28(21(2)30-32)29-27(33)19-31(4)18-24-12-8-9-13-26(24)23-10-6-5-7-11-23/h5-17H,18-19H2,1-4H3,(H,29,33). The maximum atomic E-state index is 12.9. The Kier molecular flexibility index (Phi) is 6.71. The van der Waals surface area contributed by atoms with Crippen LogP contribution in [0.3, 0.4) is 0 Å². The van der Waals surface area contributed by atoms with E-state index < -0.39 is 0 Å². The molecule has 33 heavy (non-hydrogen) atoms. The molecule has 5 heteroatoms. The summed E-state index contributed by atoms with van der Waals surface area (Å²) in [5.41, 5.74) is 8.25. The molecular formula is C28H30N4O. The highest BCUT2D eigenvalue weighted by atomic mass is 16.2. The number of aryl methyl sites for hydroxylation is 2. The van der Waals surface area contributed by atoms with Gasteiger partial charge < -0.3 is 5.32 Å². The van der Waals surface area contributed by atoms with Gasteiger partial charge in [-0.2, -0.15) is 5.10 Å². The zero-order valence-corrected chi connectivity index (χ0v) is 19.7. The fourth-order valence-electron chi connectivity index (χ4n) is 4.09. The van der Waals surface area contributed by atoms with E-state index in [4.69, 9.17) is 0 Å². The number of likely N-dealkylation sites (N-methyl/N-ethyl adjacent to an activating group) is 1. The SMILES string of the molecule is Cc1ccc(-n2nc(C)c(NC(=O)CN(C)Cc3ccccc3-c3ccccc3)c2C)cc1. The van der Waals surface area contributed by atoms with Gasteiger partial charge in [0, 0.05) is 6.54 Å². The second-order valence-corrected chi connectivity index (χ2v) is 8.54. The van der Waals surface area contributed by atoms with E-state index in [1.165, 1.54) is 22.3 Å². The number of aromatic nitrogens is 2. The lowest BCUT2D eigenvalue weighted by molar-refractivity contribution is -0.117. The van der Waals surface area contributed by atoms with Crippen molar-refractivity contribution in [1.29, 1.82) is 0 Å². The zero-order valence-electron chi connectivity index (χ0n) is 19.7. The monoisotopic (exact) mass is 438 g/mol. The topological polar surface area (TPSA) is 50.2 Å². The van der Waals surface area contributed by atoms with Crippen molar-refractivity contribution in [2.45, 2.75) is 27.3 Å². The molecule has 1 amide bonds. The van der Waals surface area contributed by atoms with Crippen molar-refractivity contribution in [2.24, 2.45) is 0 Å². The Bertz CT molecular complexity index is 1240. The highest BCUT2D eigenvalue weighted by Gasteiger charge is 2.17. The van der Waals surface area contributed by atoms with E-state index in [1.54, 1.807) is 0 Å². The lowest BCUT2D eigenvalue weighted by atomic mass is 9.99. The van der Waals surface area contributed by atoms with Gasteiger partial charge >= 0.3 is 0 Å². The fourth-order valence-corrected chi connectivity index (χ4v) is 4.09. The summed E-state index contributed by atoms with van der Waals surface area (Å²) in [5.74, 6) is -0.0515. The smallest absolute Gasteiger partial charge is 0.238 e. The van der Waals surface area contributed by atoms with Crippen LogP contribution < -0.4 is 5.32 Å². The van der Waals surface area contributed by atoms with Gasteiger partial charge in [-0.15, -0.1) is 0 Å². The molecule has 0 aliphatic heterocycles. The van der Waals surface area contributed by atoms with Crippen LogP contribution in [0.1, 0.15) is 22.5 Å². The Balaban J connectivity index is 1.45. The molecule has 0 unspecified atom stereocenters. The summed E-state index contributed by atoms with van der Waals surface area (Å²) in [6.45, 7) is 6.94. The summed E-state index contributed by atoms with van der Waals surface area (Å²) in [4.78, 5) is 14.9. The van der Waals surface area contributed by atoms with E-state index in [-0.39, 0.29) is 12.5 Å². The number of amides is 1. The maximum Gasteiger partial charge on any atom is 0.238 e. The Labute approximate surface area is 195 Å². The van der Waals surface area contributed by atoms with E-state index in [2.05, 4.69) is 59.8 Å². The third-order valence-corrected chi connectivity index (χ3v) is 5.79. The van der Waals surface area contributed by atoms with Crippen LogP contribution in [0.25, 0.3) is 16.8 Å². The first-order valence-electron chi connectivity index (χ1n) is 11.2. The summed E-state index contributed by atoms with van der Waals surface area (Å²) in [6.07, 6.45) is 0. The number of benzene rings is 3. The average Bonchev–Trinajstić information content (AvgIpc) is 3.08. The molecule has 1 heterocycles. The van der Waals surface area contributed by atoms with Crippen molar-refractivity contribution in [2.75, 3.05) is 18.9 Å². The first kappa shape index (κ1) is 22.5. The second kappa shape index (κ2) is 9.84. The number of hydrogen-bond donors (Lipinski definition) is 1. The second-order valence-electron chi connectivity index (χ2n) is 8.54. The molecule has 0 saturated carbocycles. The average molecular weight is 439 g/mol. The first-order valence-corrected chi connectivity index (χ1v) is 11.2. The number of carbonyl (C=O) groups excluding carboxylic acids is 1. The van der Waals surface area contributed by atoms with E-state index in [9.17, 15) is 4.79 Å². The maximum absolute atomic E-state index is 12.9. The molecule has 0 atom stereocenters. The van der Waals surface area contributed by atoms with Crippen LogP contribution in [-0.4, -0.2) is 34.2 Å². The van der Waals surface area contributed by atoms with E-state index >= 15 is 0 Å². The molecule has 168 valence electrons. The van der Waals surface area contributed by atoms with Gasteiger partial charge in [0.05, 0.1) is 29.3 Å². The lowest BCUT2D eigenvalue weighted by Crippen LogP contribution is -2.30. The van der Waals surface area contributed by atoms with Gasteiger partial charge in [-0.25, -0.2) is 4.68 Å². The van der Waals surface area contributed by atoms with E-state index in [1.807, 2.05) is 66.9 Å². The van der Waals surface area contributed by atoms with Crippen molar-refractivity contribution in [3.63, 3.8) is 0 Å².